The fraction of sp³-hybridized carbons (Fsp3) is 0.591. The molecule has 4 aliphatic rings. The Morgan fingerprint density at radius 1 is 1.41 bits per heavy atom. The molecule has 7 nitrogen and oxygen atoms in total. The molecule has 3 heterocycles. The average Bonchev–Trinajstić information content (AvgIpc) is 3.23. The normalized spacial score (nSPS) is 44.2. The molecule has 4 N–H and O–H groups in total. The third-order valence-electron chi connectivity index (χ3n) is 8.33. The predicted molar refractivity (Wildman–Crippen MR) is 106 cm³/mol. The van der Waals surface area contributed by atoms with E-state index in [0.29, 0.717) is 6.42 Å². The summed E-state index contributed by atoms with van der Waals surface area (Å²) in [5.74, 6) is -0.669. The van der Waals surface area contributed by atoms with E-state index >= 15 is 0 Å². The van der Waals surface area contributed by atoms with Gasteiger partial charge in [0.25, 0.3) is 0 Å². The lowest BCUT2D eigenvalue weighted by Gasteiger charge is -2.60. The van der Waals surface area contributed by atoms with Crippen LogP contribution in [-0.2, 0) is 14.9 Å². The number of methoxy groups -OCH3 is 1. The van der Waals surface area contributed by atoms with Crippen LogP contribution < -0.4 is 9.80 Å². The molecular weight excluding hydrogens is 372 g/mol. The van der Waals surface area contributed by atoms with Gasteiger partial charge in [-0.05, 0) is 24.1 Å². The highest BCUT2D eigenvalue weighted by molar-refractivity contribution is 5.86. The van der Waals surface area contributed by atoms with Gasteiger partial charge >= 0.3 is 5.97 Å². The number of carbonyl (C=O) groups is 1. The number of phenolic OH excluding ortho intramolecular Hbond substituents is 1. The monoisotopic (exact) mass is 401 g/mol. The molecule has 1 saturated carbocycles. The fourth-order valence-corrected chi connectivity index (χ4v) is 7.45. The Morgan fingerprint density at radius 2 is 2.17 bits per heavy atom. The van der Waals surface area contributed by atoms with Crippen molar-refractivity contribution in [1.29, 1.82) is 0 Å². The minimum Gasteiger partial charge on any atom is -0.508 e. The van der Waals surface area contributed by atoms with Crippen molar-refractivity contribution >= 4 is 11.7 Å². The molecule has 3 aliphatic heterocycles. The van der Waals surface area contributed by atoms with Crippen LogP contribution in [0.25, 0.3) is 0 Å². The number of benzene rings is 1. The van der Waals surface area contributed by atoms with Crippen molar-refractivity contribution in [2.45, 2.75) is 49.0 Å². The van der Waals surface area contributed by atoms with Crippen molar-refractivity contribution in [1.82, 2.24) is 0 Å². The van der Waals surface area contributed by atoms with Crippen molar-refractivity contribution in [2.75, 3.05) is 32.1 Å². The third-order valence-corrected chi connectivity index (χ3v) is 8.33. The molecule has 0 aromatic heterocycles. The van der Waals surface area contributed by atoms with Gasteiger partial charge in [-0.3, -0.25) is 0 Å². The standard InChI is InChI=1S/C22H28N2O5/c1-4-20-8-5-10-24-11-9-21(16(20)24)14-7-6-13(25)12-15(14)23(2)17(21)22(28,18(20)26)19(27)29-3/h5-8,12,16-18,25-26,28H,4,9-11H2,1-3H3/p+1/t16-,17+,18+,20+,21+,22-/m0/s1. The van der Waals surface area contributed by atoms with E-state index in [1.807, 2.05) is 31.0 Å². The van der Waals surface area contributed by atoms with Crippen LogP contribution in [0.15, 0.2) is 30.4 Å². The molecule has 7 atom stereocenters. The van der Waals surface area contributed by atoms with Crippen LogP contribution in [-0.4, -0.2) is 72.3 Å². The number of aliphatic hydroxyl groups is 2. The van der Waals surface area contributed by atoms with Crippen LogP contribution >= 0.6 is 0 Å². The number of phenols is 1. The Morgan fingerprint density at radius 3 is 2.86 bits per heavy atom. The van der Waals surface area contributed by atoms with Crippen LogP contribution in [0.4, 0.5) is 5.69 Å². The summed E-state index contributed by atoms with van der Waals surface area (Å²) >= 11 is 0. The lowest BCUT2D eigenvalue weighted by Crippen LogP contribution is -3.18. The zero-order valence-corrected chi connectivity index (χ0v) is 17.1. The van der Waals surface area contributed by atoms with Crippen LogP contribution in [0.2, 0.25) is 0 Å². The first-order valence-electron chi connectivity index (χ1n) is 10.4. The van der Waals surface area contributed by atoms with E-state index < -0.39 is 34.5 Å². The summed E-state index contributed by atoms with van der Waals surface area (Å²) in [6.07, 6.45) is 4.19. The summed E-state index contributed by atoms with van der Waals surface area (Å²) < 4.78 is 5.06. The molecule has 5 rings (SSSR count). The maximum absolute atomic E-state index is 13.1. The number of aliphatic hydroxyl groups excluding tert-OH is 1. The van der Waals surface area contributed by atoms with Gasteiger partial charge in [0.1, 0.15) is 17.9 Å². The fourth-order valence-electron chi connectivity index (χ4n) is 7.45. The topological polar surface area (TPSA) is 94.7 Å². The Hall–Kier alpha value is -2.09. The zero-order valence-electron chi connectivity index (χ0n) is 17.1. The molecule has 1 spiro atoms. The molecule has 0 amide bonds. The van der Waals surface area contributed by atoms with Gasteiger partial charge in [-0.2, -0.15) is 0 Å². The largest absolute Gasteiger partial charge is 0.508 e. The number of esters is 1. The molecule has 1 aliphatic carbocycles. The van der Waals surface area contributed by atoms with Crippen molar-refractivity contribution in [2.24, 2.45) is 5.41 Å². The smallest absolute Gasteiger partial charge is 0.342 e. The molecule has 156 valence electrons. The lowest BCUT2D eigenvalue weighted by molar-refractivity contribution is -0.920. The summed E-state index contributed by atoms with van der Waals surface area (Å²) in [5, 5.41) is 33.7. The number of fused-ring (bicyclic) bond motifs is 1. The number of carbonyl (C=O) groups excluding carboxylic acids is 1. The number of likely N-dealkylation sites (N-methyl/N-ethyl adjacent to an activating group) is 1. The van der Waals surface area contributed by atoms with Gasteiger partial charge in [-0.15, -0.1) is 0 Å². The summed E-state index contributed by atoms with van der Waals surface area (Å²) in [4.78, 5) is 16.3. The molecule has 1 unspecified atom stereocenters. The second-order valence-electron chi connectivity index (χ2n) is 9.14. The number of ether oxygens (including phenoxy) is 1. The number of aromatic hydroxyl groups is 1. The second kappa shape index (κ2) is 5.74. The first kappa shape index (κ1) is 18.9. The summed E-state index contributed by atoms with van der Waals surface area (Å²) in [7, 11) is 3.08. The minimum atomic E-state index is -2.10. The SMILES string of the molecule is CC[C@]12C=CC[NH+]3CC[C@@]4(c5ccc(O)cc5N(C)[C@H]4[C@@](O)(C(=O)OC)[C@@H]1O)[C@@H]32. The number of quaternary nitrogens is 1. The molecule has 1 aromatic rings. The van der Waals surface area contributed by atoms with Gasteiger partial charge in [-0.25, -0.2) is 4.79 Å². The number of anilines is 1. The minimum absolute atomic E-state index is 0.0168. The summed E-state index contributed by atoms with van der Waals surface area (Å²) in [5.41, 5.74) is -1.54. The van der Waals surface area contributed by atoms with Crippen molar-refractivity contribution < 1.29 is 29.8 Å². The van der Waals surface area contributed by atoms with E-state index in [1.165, 1.54) is 12.0 Å². The molecule has 0 bridgehead atoms. The van der Waals surface area contributed by atoms with E-state index in [-0.39, 0.29) is 11.8 Å². The molecular formula is C22H29N2O5+. The number of hydrogen-bond acceptors (Lipinski definition) is 6. The van der Waals surface area contributed by atoms with E-state index in [0.717, 1.165) is 30.8 Å². The highest BCUT2D eigenvalue weighted by atomic mass is 16.5. The number of nitrogens with zero attached hydrogens (tertiary/aromatic N) is 1. The van der Waals surface area contributed by atoms with Gasteiger partial charge in [0, 0.05) is 25.2 Å². The Bertz CT molecular complexity index is 918. The first-order valence-corrected chi connectivity index (χ1v) is 10.4. The van der Waals surface area contributed by atoms with Crippen molar-refractivity contribution in [3.8, 4) is 5.75 Å². The second-order valence-corrected chi connectivity index (χ2v) is 9.14. The predicted octanol–water partition coefficient (Wildman–Crippen LogP) is -0.650. The zero-order chi connectivity index (χ0) is 20.8. The maximum atomic E-state index is 13.1. The molecule has 0 radical (unpaired) electrons. The number of nitrogens with one attached hydrogen (secondary N) is 1. The van der Waals surface area contributed by atoms with Gasteiger partial charge in [0.2, 0.25) is 5.60 Å². The van der Waals surface area contributed by atoms with Crippen LogP contribution in [0.3, 0.4) is 0 Å². The van der Waals surface area contributed by atoms with E-state index in [9.17, 15) is 20.1 Å². The highest BCUT2D eigenvalue weighted by Gasteiger charge is 2.81. The molecule has 7 heteroatoms. The highest BCUT2D eigenvalue weighted by Crippen LogP contribution is 2.63. The van der Waals surface area contributed by atoms with E-state index in [1.54, 1.807) is 12.1 Å². The molecule has 29 heavy (non-hydrogen) atoms. The van der Waals surface area contributed by atoms with Gasteiger partial charge in [0.15, 0.2) is 0 Å². The van der Waals surface area contributed by atoms with Crippen LogP contribution in [0, 0.1) is 5.41 Å². The average molecular weight is 401 g/mol. The van der Waals surface area contributed by atoms with Gasteiger partial charge in [-0.1, -0.05) is 19.1 Å². The molecule has 1 aromatic carbocycles. The van der Waals surface area contributed by atoms with Crippen molar-refractivity contribution in [3.63, 3.8) is 0 Å². The van der Waals surface area contributed by atoms with Gasteiger partial charge in [0.05, 0.1) is 37.1 Å². The van der Waals surface area contributed by atoms with Crippen molar-refractivity contribution in [3.05, 3.63) is 35.9 Å². The number of rotatable bonds is 2. The Labute approximate surface area is 170 Å². The lowest BCUT2D eigenvalue weighted by atomic mass is 9.48. The number of hydrogen-bond donors (Lipinski definition) is 4. The summed E-state index contributed by atoms with van der Waals surface area (Å²) in [6.45, 7) is 3.77. The van der Waals surface area contributed by atoms with E-state index in [4.69, 9.17) is 4.74 Å². The Balaban J connectivity index is 1.87. The van der Waals surface area contributed by atoms with E-state index in [2.05, 4.69) is 6.08 Å². The third kappa shape index (κ3) is 1.87. The Kier molecular flexibility index (Phi) is 3.74. The first-order chi connectivity index (χ1) is 13.8. The molecule has 1 saturated heterocycles. The molecule has 2 fully saturated rings. The summed E-state index contributed by atoms with van der Waals surface area (Å²) in [6, 6.07) is 4.64. The maximum Gasteiger partial charge on any atom is 0.342 e. The van der Waals surface area contributed by atoms with Crippen LogP contribution in [0.5, 0.6) is 5.75 Å². The van der Waals surface area contributed by atoms with Crippen LogP contribution in [0.1, 0.15) is 25.3 Å². The van der Waals surface area contributed by atoms with Gasteiger partial charge < -0.3 is 29.9 Å². The quantitative estimate of drug-likeness (QED) is 0.389.